The Labute approximate surface area is 106 Å². The minimum absolute atomic E-state index is 0.127. The topological polar surface area (TPSA) is 64.3 Å². The summed E-state index contributed by atoms with van der Waals surface area (Å²) in [6.45, 7) is 0. The van der Waals surface area contributed by atoms with Gasteiger partial charge in [0.2, 0.25) is 5.91 Å². The Bertz CT molecular complexity index is 383. The van der Waals surface area contributed by atoms with Gasteiger partial charge in [0, 0.05) is 6.42 Å². The van der Waals surface area contributed by atoms with Crippen molar-refractivity contribution in [1.29, 1.82) is 0 Å². The molecule has 0 atom stereocenters. The first-order valence-corrected chi connectivity index (χ1v) is 5.87. The highest BCUT2D eigenvalue weighted by atomic mass is 35.5. The van der Waals surface area contributed by atoms with Crippen LogP contribution in [0.2, 0.25) is 5.02 Å². The van der Waals surface area contributed by atoms with E-state index in [0.717, 1.165) is 24.8 Å². The first kappa shape index (κ1) is 13.8. The molecule has 0 bridgehead atoms. The van der Waals surface area contributed by atoms with Crippen molar-refractivity contribution in [3.8, 4) is 5.75 Å². The number of methoxy groups -OCH3 is 1. The Hall–Kier alpha value is -1.26. The lowest BCUT2D eigenvalue weighted by atomic mass is 10.1. The van der Waals surface area contributed by atoms with E-state index in [0.29, 0.717) is 17.2 Å². The van der Waals surface area contributed by atoms with Crippen LogP contribution >= 0.6 is 11.6 Å². The molecular weight excluding hydrogens is 240 g/mol. The second-order valence-corrected chi connectivity index (χ2v) is 4.15. The first-order chi connectivity index (χ1) is 8.17. The third kappa shape index (κ3) is 4.63. The summed E-state index contributed by atoms with van der Waals surface area (Å²) < 4.78 is 5.07. The molecule has 0 unspecified atom stereocenters. The number of unbranched alkanes of at least 4 members (excludes halogenated alkanes) is 1. The fraction of sp³-hybridized carbons (Fsp3) is 0.417. The number of aryl methyl sites for hydroxylation is 1. The van der Waals surface area contributed by atoms with Crippen molar-refractivity contribution in [2.45, 2.75) is 25.7 Å². The van der Waals surface area contributed by atoms with Crippen LogP contribution in [0.1, 0.15) is 24.8 Å². The molecule has 0 saturated carbocycles. The van der Waals surface area contributed by atoms with Crippen LogP contribution in [0.3, 0.4) is 0 Å². The van der Waals surface area contributed by atoms with E-state index in [-0.39, 0.29) is 5.91 Å². The van der Waals surface area contributed by atoms with Gasteiger partial charge in [0.15, 0.2) is 0 Å². The van der Waals surface area contributed by atoms with Crippen LogP contribution in [0.25, 0.3) is 0 Å². The lowest BCUT2D eigenvalue weighted by molar-refractivity contribution is -0.121. The fourth-order valence-corrected chi connectivity index (χ4v) is 1.83. The number of halogens is 1. The standard InChI is InChI=1S/C12H17ClN2O2/c1-17-11-7-6-9(8-10(11)13)4-2-3-5-12(16)15-14/h6-8H,2-5,14H2,1H3,(H,15,16). The van der Waals surface area contributed by atoms with Gasteiger partial charge in [0.1, 0.15) is 5.75 Å². The van der Waals surface area contributed by atoms with Crippen molar-refractivity contribution in [1.82, 2.24) is 5.43 Å². The van der Waals surface area contributed by atoms with Crippen LogP contribution in [0, 0.1) is 0 Å². The molecule has 17 heavy (non-hydrogen) atoms. The molecular formula is C12H17ClN2O2. The largest absolute Gasteiger partial charge is 0.495 e. The zero-order valence-electron chi connectivity index (χ0n) is 9.83. The number of hydrogen-bond donors (Lipinski definition) is 2. The van der Waals surface area contributed by atoms with Gasteiger partial charge in [0.05, 0.1) is 12.1 Å². The van der Waals surface area contributed by atoms with Crippen molar-refractivity contribution in [3.05, 3.63) is 28.8 Å². The predicted molar refractivity (Wildman–Crippen MR) is 67.9 cm³/mol. The summed E-state index contributed by atoms with van der Waals surface area (Å²) in [5, 5.41) is 0.615. The minimum atomic E-state index is -0.127. The van der Waals surface area contributed by atoms with Gasteiger partial charge in [-0.25, -0.2) is 5.84 Å². The molecule has 0 spiro atoms. The molecule has 0 saturated heterocycles. The quantitative estimate of drug-likeness (QED) is 0.354. The maximum atomic E-state index is 10.9. The van der Waals surface area contributed by atoms with Crippen LogP contribution < -0.4 is 16.0 Å². The maximum Gasteiger partial charge on any atom is 0.233 e. The average Bonchev–Trinajstić information content (AvgIpc) is 2.34. The van der Waals surface area contributed by atoms with Crippen LogP contribution in [-0.2, 0) is 11.2 Å². The highest BCUT2D eigenvalue weighted by molar-refractivity contribution is 6.32. The molecule has 1 amide bonds. The van der Waals surface area contributed by atoms with E-state index in [1.165, 1.54) is 0 Å². The maximum absolute atomic E-state index is 10.9. The molecule has 0 aliphatic carbocycles. The third-order valence-electron chi connectivity index (χ3n) is 2.50. The van der Waals surface area contributed by atoms with Crippen LogP contribution in [0.4, 0.5) is 0 Å². The van der Waals surface area contributed by atoms with Gasteiger partial charge in [-0.05, 0) is 37.0 Å². The van der Waals surface area contributed by atoms with Gasteiger partial charge < -0.3 is 4.74 Å². The summed E-state index contributed by atoms with van der Waals surface area (Å²) in [5.41, 5.74) is 3.25. The monoisotopic (exact) mass is 256 g/mol. The number of carbonyl (C=O) groups excluding carboxylic acids is 1. The molecule has 0 aliphatic heterocycles. The molecule has 5 heteroatoms. The zero-order valence-corrected chi connectivity index (χ0v) is 10.6. The summed E-state index contributed by atoms with van der Waals surface area (Å²) in [5.74, 6) is 5.54. The Morgan fingerprint density at radius 3 is 2.82 bits per heavy atom. The smallest absolute Gasteiger partial charge is 0.233 e. The summed E-state index contributed by atoms with van der Waals surface area (Å²) in [4.78, 5) is 10.9. The number of hydrazine groups is 1. The minimum Gasteiger partial charge on any atom is -0.495 e. The summed E-state index contributed by atoms with van der Waals surface area (Å²) in [6, 6.07) is 5.72. The number of hydrogen-bond acceptors (Lipinski definition) is 3. The number of nitrogens with one attached hydrogen (secondary N) is 1. The lowest BCUT2D eigenvalue weighted by Crippen LogP contribution is -2.29. The van der Waals surface area contributed by atoms with Gasteiger partial charge in [-0.2, -0.15) is 0 Å². The van der Waals surface area contributed by atoms with E-state index in [4.69, 9.17) is 22.2 Å². The molecule has 4 nitrogen and oxygen atoms in total. The summed E-state index contributed by atoms with van der Waals surface area (Å²) >= 11 is 6.01. The molecule has 0 aromatic heterocycles. The molecule has 94 valence electrons. The second kappa shape index (κ2) is 7.14. The van der Waals surface area contributed by atoms with Crippen molar-refractivity contribution in [2.24, 2.45) is 5.84 Å². The van der Waals surface area contributed by atoms with Crippen molar-refractivity contribution in [2.75, 3.05) is 7.11 Å². The van der Waals surface area contributed by atoms with Crippen LogP contribution in [0.5, 0.6) is 5.75 Å². The Balaban J connectivity index is 2.37. The zero-order chi connectivity index (χ0) is 12.7. The Morgan fingerprint density at radius 1 is 1.47 bits per heavy atom. The van der Waals surface area contributed by atoms with Crippen LogP contribution in [-0.4, -0.2) is 13.0 Å². The molecule has 0 aliphatic rings. The highest BCUT2D eigenvalue weighted by Crippen LogP contribution is 2.25. The van der Waals surface area contributed by atoms with Crippen LogP contribution in [0.15, 0.2) is 18.2 Å². The summed E-state index contributed by atoms with van der Waals surface area (Å²) in [7, 11) is 1.59. The molecule has 0 fully saturated rings. The third-order valence-corrected chi connectivity index (χ3v) is 2.79. The van der Waals surface area contributed by atoms with Gasteiger partial charge in [-0.1, -0.05) is 17.7 Å². The van der Waals surface area contributed by atoms with Gasteiger partial charge >= 0.3 is 0 Å². The molecule has 3 N–H and O–H groups in total. The van der Waals surface area contributed by atoms with E-state index >= 15 is 0 Å². The number of amides is 1. The summed E-state index contributed by atoms with van der Waals surface area (Å²) in [6.07, 6.45) is 3.09. The van der Waals surface area contributed by atoms with Gasteiger partial charge in [0.25, 0.3) is 0 Å². The Kier molecular flexibility index (Phi) is 5.80. The molecule has 1 aromatic rings. The van der Waals surface area contributed by atoms with Crippen molar-refractivity contribution in [3.63, 3.8) is 0 Å². The molecule has 1 rings (SSSR count). The highest BCUT2D eigenvalue weighted by Gasteiger charge is 2.02. The van der Waals surface area contributed by atoms with E-state index in [1.54, 1.807) is 7.11 Å². The number of benzene rings is 1. The number of rotatable bonds is 6. The van der Waals surface area contributed by atoms with Crippen molar-refractivity contribution < 1.29 is 9.53 Å². The lowest BCUT2D eigenvalue weighted by Gasteiger charge is -2.06. The number of ether oxygens (including phenoxy) is 1. The fourth-order valence-electron chi connectivity index (χ4n) is 1.55. The predicted octanol–water partition coefficient (Wildman–Crippen LogP) is 2.05. The molecule has 1 aromatic carbocycles. The second-order valence-electron chi connectivity index (χ2n) is 3.74. The molecule has 0 heterocycles. The SMILES string of the molecule is COc1ccc(CCCCC(=O)NN)cc1Cl. The van der Waals surface area contributed by atoms with E-state index < -0.39 is 0 Å². The average molecular weight is 257 g/mol. The van der Waals surface area contributed by atoms with Crippen molar-refractivity contribution >= 4 is 17.5 Å². The van der Waals surface area contributed by atoms with Gasteiger partial charge in [-0.15, -0.1) is 0 Å². The van der Waals surface area contributed by atoms with Gasteiger partial charge in [-0.3, -0.25) is 10.2 Å². The van der Waals surface area contributed by atoms with E-state index in [2.05, 4.69) is 5.43 Å². The normalized spacial score (nSPS) is 10.1. The van der Waals surface area contributed by atoms with E-state index in [1.807, 2.05) is 18.2 Å². The Morgan fingerprint density at radius 2 is 2.24 bits per heavy atom. The number of nitrogens with two attached hydrogens (primary N) is 1. The first-order valence-electron chi connectivity index (χ1n) is 5.49. The molecule has 0 radical (unpaired) electrons. The number of carbonyl (C=O) groups is 1. The van der Waals surface area contributed by atoms with E-state index in [9.17, 15) is 4.79 Å².